The van der Waals surface area contributed by atoms with Crippen molar-refractivity contribution in [1.29, 1.82) is 0 Å². The SMILES string of the molecule is CC(C)(C)OC(=O)N1CCC(COCCc2cc(Br)cc(C(F)(F)F)c2)(c2ccccc2)CC1. The first-order valence-corrected chi connectivity index (χ1v) is 12.2. The van der Waals surface area contributed by atoms with E-state index < -0.39 is 17.3 Å². The maximum absolute atomic E-state index is 13.1. The molecule has 2 aromatic carbocycles. The zero-order valence-corrected chi connectivity index (χ0v) is 21.3. The molecule has 1 aliphatic rings. The topological polar surface area (TPSA) is 38.8 Å². The van der Waals surface area contributed by atoms with Crippen molar-refractivity contribution in [2.24, 2.45) is 0 Å². The first-order chi connectivity index (χ1) is 15.9. The van der Waals surface area contributed by atoms with Gasteiger partial charge < -0.3 is 14.4 Å². The third-order valence-electron chi connectivity index (χ3n) is 5.96. The summed E-state index contributed by atoms with van der Waals surface area (Å²) in [6.07, 6.45) is -2.90. The summed E-state index contributed by atoms with van der Waals surface area (Å²) in [5.74, 6) is 0. The molecule has 1 fully saturated rings. The van der Waals surface area contributed by atoms with Crippen LogP contribution in [0.15, 0.2) is 53.0 Å². The Balaban J connectivity index is 1.64. The lowest BCUT2D eigenvalue weighted by molar-refractivity contribution is -0.137. The summed E-state index contributed by atoms with van der Waals surface area (Å²) >= 11 is 3.17. The summed E-state index contributed by atoms with van der Waals surface area (Å²) in [5, 5.41) is 0. The third-order valence-corrected chi connectivity index (χ3v) is 6.41. The van der Waals surface area contributed by atoms with E-state index in [-0.39, 0.29) is 11.5 Å². The average molecular weight is 542 g/mol. The molecule has 8 heteroatoms. The van der Waals surface area contributed by atoms with Crippen LogP contribution in [-0.2, 0) is 27.5 Å². The van der Waals surface area contributed by atoms with E-state index >= 15 is 0 Å². The number of likely N-dealkylation sites (tertiary alicyclic amines) is 1. The van der Waals surface area contributed by atoms with Crippen molar-refractivity contribution in [3.8, 4) is 0 Å². The van der Waals surface area contributed by atoms with E-state index in [1.54, 1.807) is 11.0 Å². The Kier molecular flexibility index (Phi) is 8.34. The lowest BCUT2D eigenvalue weighted by Gasteiger charge is -2.42. The maximum atomic E-state index is 13.1. The molecular weight excluding hydrogens is 511 g/mol. The highest BCUT2D eigenvalue weighted by Crippen LogP contribution is 2.37. The van der Waals surface area contributed by atoms with E-state index in [9.17, 15) is 18.0 Å². The number of hydrogen-bond acceptors (Lipinski definition) is 3. The normalized spacial score (nSPS) is 16.4. The smallest absolute Gasteiger partial charge is 0.416 e. The number of carbonyl (C=O) groups excluding carboxylic acids is 1. The number of ether oxygens (including phenoxy) is 2. The van der Waals surface area contributed by atoms with Gasteiger partial charge in [-0.25, -0.2) is 4.79 Å². The van der Waals surface area contributed by atoms with Gasteiger partial charge in [0.25, 0.3) is 0 Å². The molecule has 1 heterocycles. The van der Waals surface area contributed by atoms with Crippen LogP contribution >= 0.6 is 15.9 Å². The molecule has 1 aliphatic heterocycles. The fourth-order valence-corrected chi connectivity index (χ4v) is 4.71. The van der Waals surface area contributed by atoms with Gasteiger partial charge in [-0.05, 0) is 69.4 Å². The van der Waals surface area contributed by atoms with Crippen molar-refractivity contribution in [2.45, 2.75) is 57.2 Å². The number of halogens is 4. The second kappa shape index (κ2) is 10.7. The fraction of sp³-hybridized carbons (Fsp3) is 0.500. The maximum Gasteiger partial charge on any atom is 0.416 e. The Morgan fingerprint density at radius 2 is 1.71 bits per heavy atom. The molecule has 0 radical (unpaired) electrons. The van der Waals surface area contributed by atoms with Gasteiger partial charge in [-0.3, -0.25) is 0 Å². The summed E-state index contributed by atoms with van der Waals surface area (Å²) in [7, 11) is 0. The van der Waals surface area contributed by atoms with E-state index in [4.69, 9.17) is 9.47 Å². The molecule has 1 saturated heterocycles. The summed E-state index contributed by atoms with van der Waals surface area (Å²) in [6.45, 7) is 7.37. The molecule has 0 unspecified atom stereocenters. The molecule has 1 amide bonds. The second-order valence-electron chi connectivity index (χ2n) is 9.76. The monoisotopic (exact) mass is 541 g/mol. The van der Waals surface area contributed by atoms with E-state index in [1.807, 2.05) is 39.0 Å². The Hall–Kier alpha value is -2.06. The molecule has 0 atom stereocenters. The van der Waals surface area contributed by atoms with Gasteiger partial charge in [-0.15, -0.1) is 0 Å². The number of amides is 1. The molecule has 0 aliphatic carbocycles. The van der Waals surface area contributed by atoms with Crippen LogP contribution in [0.25, 0.3) is 0 Å². The van der Waals surface area contributed by atoms with E-state index in [1.165, 1.54) is 6.07 Å². The summed E-state index contributed by atoms with van der Waals surface area (Å²) in [6, 6.07) is 14.0. The molecular formula is C26H31BrF3NO3. The van der Waals surface area contributed by atoms with Crippen LogP contribution in [0, 0.1) is 0 Å². The molecule has 4 nitrogen and oxygen atoms in total. The molecule has 34 heavy (non-hydrogen) atoms. The van der Waals surface area contributed by atoms with Gasteiger partial charge in [-0.2, -0.15) is 13.2 Å². The number of hydrogen-bond donors (Lipinski definition) is 0. The van der Waals surface area contributed by atoms with Crippen LogP contribution in [0.3, 0.4) is 0 Å². The molecule has 3 rings (SSSR count). The number of rotatable bonds is 6. The highest BCUT2D eigenvalue weighted by molar-refractivity contribution is 9.10. The Labute approximate surface area is 207 Å². The number of carbonyl (C=O) groups is 1. The predicted octanol–water partition coefficient (Wildman–Crippen LogP) is 7.00. The molecule has 0 saturated carbocycles. The van der Waals surface area contributed by atoms with E-state index in [0.29, 0.717) is 55.6 Å². The molecule has 2 aromatic rings. The lowest BCUT2D eigenvalue weighted by atomic mass is 9.73. The molecule has 0 spiro atoms. The number of piperidine rings is 1. The first kappa shape index (κ1) is 26.5. The van der Waals surface area contributed by atoms with E-state index in [2.05, 4.69) is 28.1 Å². The molecule has 186 valence electrons. The van der Waals surface area contributed by atoms with Gasteiger partial charge >= 0.3 is 12.3 Å². The highest BCUT2D eigenvalue weighted by Gasteiger charge is 2.39. The number of alkyl halides is 3. The third kappa shape index (κ3) is 7.22. The van der Waals surface area contributed by atoms with E-state index in [0.717, 1.165) is 11.6 Å². The Morgan fingerprint density at radius 3 is 2.29 bits per heavy atom. The quantitative estimate of drug-likeness (QED) is 0.369. The summed E-state index contributed by atoms with van der Waals surface area (Å²) in [5.41, 5.74) is 0.212. The van der Waals surface area contributed by atoms with Gasteiger partial charge in [0.1, 0.15) is 5.60 Å². The van der Waals surface area contributed by atoms with Crippen molar-refractivity contribution in [2.75, 3.05) is 26.3 Å². The minimum atomic E-state index is -4.39. The van der Waals surface area contributed by atoms with Gasteiger partial charge in [0.05, 0.1) is 18.8 Å². The van der Waals surface area contributed by atoms with Gasteiger partial charge in [-0.1, -0.05) is 46.3 Å². The van der Waals surface area contributed by atoms with Crippen molar-refractivity contribution in [1.82, 2.24) is 4.90 Å². The van der Waals surface area contributed by atoms with Crippen LogP contribution in [-0.4, -0.2) is 42.9 Å². The molecule has 0 aromatic heterocycles. The first-order valence-electron chi connectivity index (χ1n) is 11.4. The van der Waals surface area contributed by atoms with Crippen LogP contribution < -0.4 is 0 Å². The Morgan fingerprint density at radius 1 is 1.06 bits per heavy atom. The standard InChI is InChI=1S/C26H31BrF3NO3/c1-24(2,3)34-23(32)31-12-10-25(11-13-31,20-7-5-4-6-8-20)18-33-14-9-19-15-21(26(28,29)30)17-22(27)16-19/h4-8,15-17H,9-14,18H2,1-3H3. The number of nitrogens with zero attached hydrogens (tertiary/aromatic N) is 1. The van der Waals surface area contributed by atoms with Crippen LogP contribution in [0.1, 0.15) is 50.3 Å². The summed E-state index contributed by atoms with van der Waals surface area (Å²) < 4.78 is 51.3. The molecule has 0 bridgehead atoms. The van der Waals surface area contributed by atoms with Crippen LogP contribution in [0.4, 0.5) is 18.0 Å². The molecule has 0 N–H and O–H groups in total. The van der Waals surface area contributed by atoms with Crippen molar-refractivity contribution >= 4 is 22.0 Å². The Bertz CT molecular complexity index is 965. The second-order valence-corrected chi connectivity index (χ2v) is 10.7. The number of benzene rings is 2. The average Bonchev–Trinajstić information content (AvgIpc) is 2.75. The van der Waals surface area contributed by atoms with Crippen LogP contribution in [0.2, 0.25) is 0 Å². The predicted molar refractivity (Wildman–Crippen MR) is 129 cm³/mol. The fourth-order valence-electron chi connectivity index (χ4n) is 4.17. The van der Waals surface area contributed by atoms with Crippen molar-refractivity contribution in [3.05, 3.63) is 69.7 Å². The minimum Gasteiger partial charge on any atom is -0.444 e. The summed E-state index contributed by atoms with van der Waals surface area (Å²) in [4.78, 5) is 14.2. The van der Waals surface area contributed by atoms with Gasteiger partial charge in [0.15, 0.2) is 0 Å². The van der Waals surface area contributed by atoms with Gasteiger partial charge in [0, 0.05) is 23.0 Å². The zero-order valence-electron chi connectivity index (χ0n) is 19.8. The largest absolute Gasteiger partial charge is 0.444 e. The van der Waals surface area contributed by atoms with Crippen molar-refractivity contribution < 1.29 is 27.4 Å². The van der Waals surface area contributed by atoms with Crippen molar-refractivity contribution in [3.63, 3.8) is 0 Å². The highest BCUT2D eigenvalue weighted by atomic mass is 79.9. The zero-order chi connectivity index (χ0) is 25.0. The van der Waals surface area contributed by atoms with Crippen LogP contribution in [0.5, 0.6) is 0 Å². The minimum absolute atomic E-state index is 0.270. The van der Waals surface area contributed by atoms with Gasteiger partial charge in [0.2, 0.25) is 0 Å². The lowest BCUT2D eigenvalue weighted by Crippen LogP contribution is -2.48.